The average Bonchev–Trinajstić information content (AvgIpc) is 3.92. The van der Waals surface area contributed by atoms with Crippen LogP contribution in [0.15, 0.2) is 97.1 Å². The zero-order chi connectivity index (χ0) is 36.6. The SMILES string of the molecule is CCC[Si](C)=[Zr+2].Cc1cc(C)cc(-c2cccc3[cH-]c(CC4CCCC4)cc23)c1.Cc1cc(C)cc(-c2cccc3[cH-]c(CC4CCCC4)cc23)c1.[Cl-].[Cl-]. The van der Waals surface area contributed by atoms with Gasteiger partial charge >= 0.3 is 54.7 Å². The van der Waals surface area contributed by atoms with Crippen LogP contribution in [0.3, 0.4) is 0 Å². The molecule has 0 aromatic heterocycles. The number of halogens is 2. The van der Waals surface area contributed by atoms with Gasteiger partial charge in [0.1, 0.15) is 0 Å². The number of aryl methyl sites for hydroxylation is 4. The number of benzene rings is 4. The third kappa shape index (κ3) is 12.1. The van der Waals surface area contributed by atoms with Gasteiger partial charge in [-0.1, -0.05) is 133 Å². The molecule has 0 heterocycles. The molecule has 0 bridgehead atoms. The molecule has 284 valence electrons. The summed E-state index contributed by atoms with van der Waals surface area (Å²) in [6.07, 6.45) is 15.3. The number of fused-ring (bicyclic) bond motifs is 2. The van der Waals surface area contributed by atoms with Crippen LogP contribution in [0, 0.1) is 39.5 Å². The second-order valence-corrected chi connectivity index (χ2v) is 24.7. The van der Waals surface area contributed by atoms with Gasteiger partial charge in [-0.25, -0.2) is 0 Å². The van der Waals surface area contributed by atoms with Crippen molar-refractivity contribution < 1.29 is 48.1 Å². The van der Waals surface area contributed by atoms with Gasteiger partial charge in [0.2, 0.25) is 0 Å². The van der Waals surface area contributed by atoms with Crippen molar-refractivity contribution in [2.45, 2.75) is 118 Å². The summed E-state index contributed by atoms with van der Waals surface area (Å²) in [4.78, 5) is 0. The van der Waals surface area contributed by atoms with E-state index in [1.54, 1.807) is 23.3 Å². The summed E-state index contributed by atoms with van der Waals surface area (Å²) in [5, 5.41) is 5.64. The van der Waals surface area contributed by atoms with E-state index in [0.717, 1.165) is 11.8 Å². The second-order valence-electron chi connectivity index (χ2n) is 16.3. The molecule has 0 saturated heterocycles. The maximum absolute atomic E-state index is 2.45. The normalized spacial score (nSPS) is 14.2. The third-order valence-corrected chi connectivity index (χ3v) is 14.4. The van der Waals surface area contributed by atoms with E-state index in [0.29, 0.717) is 0 Å². The Morgan fingerprint density at radius 3 is 1.26 bits per heavy atom. The van der Waals surface area contributed by atoms with Crippen molar-refractivity contribution >= 4 is 27.0 Å². The van der Waals surface area contributed by atoms with E-state index in [2.05, 4.69) is 138 Å². The molecule has 0 N–H and O–H groups in total. The number of rotatable bonds is 8. The van der Waals surface area contributed by atoms with Gasteiger partial charge in [0.05, 0.1) is 0 Å². The largest absolute Gasteiger partial charge is 1.00 e. The third-order valence-electron chi connectivity index (χ3n) is 11.3. The molecule has 0 aliphatic heterocycles. The Morgan fingerprint density at radius 1 is 0.574 bits per heavy atom. The first kappa shape index (κ1) is 44.5. The first-order valence-corrected chi connectivity index (χ1v) is 26.1. The van der Waals surface area contributed by atoms with Crippen molar-refractivity contribution in [3.63, 3.8) is 0 Å². The van der Waals surface area contributed by atoms with Crippen molar-refractivity contribution in [3.05, 3.63) is 130 Å². The Balaban J connectivity index is 0.000000203. The molecule has 4 heteroatoms. The number of hydrogen-bond donors (Lipinski definition) is 0. The summed E-state index contributed by atoms with van der Waals surface area (Å²) >= 11 is 1.79. The minimum absolute atomic E-state index is 0. The van der Waals surface area contributed by atoms with Gasteiger partial charge < -0.3 is 24.8 Å². The summed E-state index contributed by atoms with van der Waals surface area (Å²) < 4.78 is 0. The Morgan fingerprint density at radius 2 is 0.944 bits per heavy atom. The van der Waals surface area contributed by atoms with Gasteiger partial charge in [-0.05, 0) is 63.5 Å². The molecule has 0 unspecified atom stereocenters. The molecular formula is C50H60Cl2SiZr-2. The van der Waals surface area contributed by atoms with Crippen LogP contribution >= 0.6 is 0 Å². The molecule has 0 radical (unpaired) electrons. The molecule has 8 rings (SSSR count). The maximum Gasteiger partial charge on any atom is -0.0274 e. The molecule has 2 aliphatic carbocycles. The molecule has 0 atom stereocenters. The quantitative estimate of drug-likeness (QED) is 0.106. The van der Waals surface area contributed by atoms with Crippen LogP contribution in [0.5, 0.6) is 0 Å². The van der Waals surface area contributed by atoms with E-state index in [4.69, 9.17) is 0 Å². The van der Waals surface area contributed by atoms with Crippen molar-refractivity contribution in [1.82, 2.24) is 0 Å². The first-order valence-electron chi connectivity index (χ1n) is 20.2. The minimum atomic E-state index is 0. The minimum Gasteiger partial charge on any atom is -1.00 e. The van der Waals surface area contributed by atoms with Gasteiger partial charge in [0.25, 0.3) is 0 Å². The maximum atomic E-state index is 2.45. The summed E-state index contributed by atoms with van der Waals surface area (Å²) in [6, 6.07) is 38.5. The Labute approximate surface area is 354 Å². The molecule has 0 spiro atoms. The summed E-state index contributed by atoms with van der Waals surface area (Å²) in [6.45, 7) is 13.4. The van der Waals surface area contributed by atoms with Crippen LogP contribution < -0.4 is 24.8 Å². The smallest absolute Gasteiger partial charge is 0.0274 e. The van der Waals surface area contributed by atoms with Crippen LogP contribution in [-0.2, 0) is 36.2 Å². The average molecular weight is 851 g/mol. The van der Waals surface area contributed by atoms with E-state index in [-0.39, 0.29) is 30.2 Å². The predicted octanol–water partition coefficient (Wildman–Crippen LogP) is 8.72. The van der Waals surface area contributed by atoms with E-state index in [9.17, 15) is 0 Å². The first-order chi connectivity index (χ1) is 25.1. The monoisotopic (exact) mass is 848 g/mol. The summed E-state index contributed by atoms with van der Waals surface area (Å²) in [5.41, 5.74) is 14.1. The zero-order valence-electron chi connectivity index (χ0n) is 33.6. The Kier molecular flexibility index (Phi) is 17.6. The summed E-state index contributed by atoms with van der Waals surface area (Å²) in [5.74, 6) is 1.83. The number of hydrogen-bond acceptors (Lipinski definition) is 0. The van der Waals surface area contributed by atoms with Crippen LogP contribution in [0.4, 0.5) is 0 Å². The zero-order valence-corrected chi connectivity index (χ0v) is 38.6. The van der Waals surface area contributed by atoms with Gasteiger partial charge in [0, 0.05) is 0 Å². The van der Waals surface area contributed by atoms with Gasteiger partial charge in [-0.15, -0.1) is 69.1 Å². The van der Waals surface area contributed by atoms with E-state index in [1.807, 2.05) is 0 Å². The van der Waals surface area contributed by atoms with Crippen LogP contribution in [0.25, 0.3) is 43.8 Å². The molecule has 0 nitrogen and oxygen atoms in total. The fourth-order valence-electron chi connectivity index (χ4n) is 9.06. The summed E-state index contributed by atoms with van der Waals surface area (Å²) in [7, 11) is 0. The van der Waals surface area contributed by atoms with Crippen molar-refractivity contribution in [3.8, 4) is 22.3 Å². The predicted molar refractivity (Wildman–Crippen MR) is 227 cm³/mol. The van der Waals surface area contributed by atoms with Gasteiger partial charge in [-0.3, -0.25) is 0 Å². The van der Waals surface area contributed by atoms with Crippen molar-refractivity contribution in [2.24, 2.45) is 11.8 Å². The standard InChI is InChI=1S/2C23H25.C4H10Si.2ClH.Zr/c2*1-16-10-17(2)12-21(11-16)22-9-5-8-20-14-19(15-23(20)22)13-18-6-3-4-7-18;1-3-4-5-2;;;/h2*5,8-12,14-15,18H,3-4,6-7,13H2,1-2H3;3-4H2,1-2H3;2*1H;/q2*-1;;;;+2/p-2. The molecule has 2 fully saturated rings. The van der Waals surface area contributed by atoms with Crippen molar-refractivity contribution in [1.29, 1.82) is 0 Å². The topological polar surface area (TPSA) is 0 Å². The van der Waals surface area contributed by atoms with E-state index in [1.165, 1.54) is 154 Å². The van der Waals surface area contributed by atoms with Gasteiger partial charge in [-0.2, -0.15) is 12.1 Å². The van der Waals surface area contributed by atoms with Gasteiger partial charge in [0.15, 0.2) is 0 Å². The van der Waals surface area contributed by atoms with E-state index >= 15 is 0 Å². The van der Waals surface area contributed by atoms with Crippen LogP contribution in [0.1, 0.15) is 98.1 Å². The van der Waals surface area contributed by atoms with Crippen molar-refractivity contribution in [2.75, 3.05) is 0 Å². The molecule has 6 aromatic rings. The molecule has 6 aromatic carbocycles. The molecular weight excluding hydrogens is 791 g/mol. The Bertz CT molecular complexity index is 1920. The molecule has 2 saturated carbocycles. The second kappa shape index (κ2) is 21.3. The van der Waals surface area contributed by atoms with E-state index < -0.39 is 0 Å². The van der Waals surface area contributed by atoms with Crippen LogP contribution in [0.2, 0.25) is 12.6 Å². The molecule has 0 amide bonds. The molecule has 54 heavy (non-hydrogen) atoms. The fourth-order valence-corrected chi connectivity index (χ4v) is 11.7. The Hall–Kier alpha value is -2.22. The van der Waals surface area contributed by atoms with Crippen LogP contribution in [-0.4, -0.2) is 5.43 Å². The fraction of sp³-hybridized carbons (Fsp3) is 0.400. The molecule has 2 aliphatic rings.